The minimum Gasteiger partial charge on any atom is -0.511 e. The first-order valence-electron chi connectivity index (χ1n) is 11.3. The van der Waals surface area contributed by atoms with Gasteiger partial charge in [-0.3, -0.25) is 4.79 Å². The van der Waals surface area contributed by atoms with E-state index in [1.807, 2.05) is 0 Å². The van der Waals surface area contributed by atoms with E-state index in [0.29, 0.717) is 18.4 Å². The van der Waals surface area contributed by atoms with Gasteiger partial charge < -0.3 is 15.3 Å². The number of rotatable bonds is 5. The van der Waals surface area contributed by atoms with Gasteiger partial charge in [-0.1, -0.05) is 24.6 Å². The maximum absolute atomic E-state index is 13.6. The Labute approximate surface area is 208 Å². The maximum Gasteiger partial charge on any atom is 0.286 e. The van der Waals surface area contributed by atoms with E-state index in [-0.39, 0.29) is 57.6 Å². The van der Waals surface area contributed by atoms with Crippen LogP contribution < -0.4 is 5.32 Å². The largest absolute Gasteiger partial charge is 0.511 e. The predicted octanol–water partition coefficient (Wildman–Crippen LogP) is 2.91. The van der Waals surface area contributed by atoms with Crippen molar-refractivity contribution < 1.29 is 31.1 Å². The van der Waals surface area contributed by atoms with Crippen molar-refractivity contribution in [3.63, 3.8) is 0 Å². The maximum atomic E-state index is 13.6. The van der Waals surface area contributed by atoms with E-state index in [2.05, 4.69) is 9.71 Å². The van der Waals surface area contributed by atoms with Crippen LogP contribution in [0.5, 0.6) is 0 Å². The molecule has 2 N–H and O–H groups in total. The highest BCUT2D eigenvalue weighted by molar-refractivity contribution is 7.90. The van der Waals surface area contributed by atoms with E-state index in [1.54, 1.807) is 17.0 Å². The van der Waals surface area contributed by atoms with Gasteiger partial charge in [0.05, 0.1) is 11.4 Å². The summed E-state index contributed by atoms with van der Waals surface area (Å²) < 4.78 is 66.6. The van der Waals surface area contributed by atoms with Crippen molar-refractivity contribution >= 4 is 37.3 Å². The molecule has 1 fully saturated rings. The lowest BCUT2D eigenvalue weighted by Crippen LogP contribution is -2.49. The molecule has 36 heavy (non-hydrogen) atoms. The van der Waals surface area contributed by atoms with E-state index < -0.39 is 31.6 Å². The standard InChI is InChI=1S/C24H24FN3O6S2/c1-35(31,32)13-15-7-10-18-20(11-15)36(33,34)27-23(26-18)21-22(29)17-3-2-4-19(17)28(24(21)30)12-14-5-8-16(25)9-6-14/h5-11,17,19,29H,2-4,12-13H2,1H3,(H,26,27)/t17-,19+/m1/s1. The smallest absolute Gasteiger partial charge is 0.286 e. The van der Waals surface area contributed by atoms with E-state index in [9.17, 15) is 31.1 Å². The van der Waals surface area contributed by atoms with Crippen molar-refractivity contribution in [2.45, 2.75) is 42.5 Å². The summed E-state index contributed by atoms with van der Waals surface area (Å²) in [5.41, 5.74) is 0.903. The van der Waals surface area contributed by atoms with Crippen molar-refractivity contribution in [3.05, 3.63) is 70.7 Å². The summed E-state index contributed by atoms with van der Waals surface area (Å²) >= 11 is 0. The predicted molar refractivity (Wildman–Crippen MR) is 131 cm³/mol. The van der Waals surface area contributed by atoms with E-state index in [0.717, 1.165) is 12.7 Å². The molecule has 0 spiro atoms. The third-order valence-electron chi connectivity index (χ3n) is 6.68. The molecule has 0 aromatic heterocycles. The van der Waals surface area contributed by atoms with Gasteiger partial charge in [-0.05, 0) is 48.2 Å². The molecule has 2 aromatic carbocycles. The zero-order valence-electron chi connectivity index (χ0n) is 19.3. The topological polar surface area (TPSA) is 133 Å². The van der Waals surface area contributed by atoms with Crippen LogP contribution in [0.4, 0.5) is 10.1 Å². The van der Waals surface area contributed by atoms with Gasteiger partial charge in [0.1, 0.15) is 22.0 Å². The van der Waals surface area contributed by atoms with Crippen LogP contribution in [0.2, 0.25) is 0 Å². The van der Waals surface area contributed by atoms with Crippen LogP contribution in [0, 0.1) is 11.7 Å². The van der Waals surface area contributed by atoms with Crippen LogP contribution in [-0.4, -0.2) is 50.9 Å². The van der Waals surface area contributed by atoms with Crippen molar-refractivity contribution in [2.75, 3.05) is 11.6 Å². The summed E-state index contributed by atoms with van der Waals surface area (Å²) in [5, 5.41) is 13.9. The highest BCUT2D eigenvalue weighted by atomic mass is 32.2. The number of benzene rings is 2. The molecule has 1 saturated carbocycles. The molecule has 0 bridgehead atoms. The van der Waals surface area contributed by atoms with E-state index >= 15 is 0 Å². The van der Waals surface area contributed by atoms with Crippen LogP contribution in [0.3, 0.4) is 0 Å². The van der Waals surface area contributed by atoms with Crippen molar-refractivity contribution in [1.82, 2.24) is 4.90 Å². The number of nitrogens with one attached hydrogen (secondary N) is 1. The van der Waals surface area contributed by atoms with Gasteiger partial charge in [0.25, 0.3) is 15.9 Å². The number of amides is 1. The molecule has 3 aliphatic rings. The first-order valence-corrected chi connectivity index (χ1v) is 14.8. The highest BCUT2D eigenvalue weighted by Gasteiger charge is 2.46. The Bertz CT molecular complexity index is 1530. The molecule has 2 atom stereocenters. The molecule has 2 heterocycles. The lowest BCUT2D eigenvalue weighted by atomic mass is 9.89. The number of carbonyl (C=O) groups excluding carboxylic acids is 1. The Hall–Kier alpha value is -3.25. The highest BCUT2D eigenvalue weighted by Crippen LogP contribution is 2.42. The number of aliphatic hydroxyl groups excluding tert-OH is 1. The molecule has 0 unspecified atom stereocenters. The summed E-state index contributed by atoms with van der Waals surface area (Å²) in [4.78, 5) is 15.0. The molecule has 9 nitrogen and oxygen atoms in total. The summed E-state index contributed by atoms with van der Waals surface area (Å²) in [6, 6.07) is 9.64. The second kappa shape index (κ2) is 8.70. The van der Waals surface area contributed by atoms with Gasteiger partial charge in [-0.2, -0.15) is 8.42 Å². The Balaban J connectivity index is 1.53. The molecule has 0 saturated heterocycles. The third-order valence-corrected chi connectivity index (χ3v) is 8.86. The number of sulfonamides is 1. The minimum absolute atomic E-state index is 0.129. The SMILES string of the molecule is CS(=O)(=O)Cc1ccc2c(c1)S(=O)(=O)N=C(C1=C(O)[C@@H]3CCC[C@@H]3N(Cc3ccc(F)cc3)C1=O)N2. The number of fused-ring (bicyclic) bond motifs is 2. The Morgan fingerprint density at radius 2 is 1.83 bits per heavy atom. The van der Waals surface area contributed by atoms with Gasteiger partial charge in [0.15, 0.2) is 15.7 Å². The van der Waals surface area contributed by atoms with Gasteiger partial charge >= 0.3 is 0 Å². The first kappa shape index (κ1) is 24.4. The average molecular weight is 534 g/mol. The molecule has 1 amide bonds. The molecule has 5 rings (SSSR count). The van der Waals surface area contributed by atoms with Crippen molar-refractivity contribution in [3.8, 4) is 0 Å². The number of hydrogen-bond donors (Lipinski definition) is 2. The van der Waals surface area contributed by atoms with Gasteiger partial charge in [0, 0.05) is 24.8 Å². The summed E-state index contributed by atoms with van der Waals surface area (Å²) in [7, 11) is -7.68. The number of amidine groups is 1. The summed E-state index contributed by atoms with van der Waals surface area (Å²) in [5.74, 6) is -2.16. The molecule has 190 valence electrons. The van der Waals surface area contributed by atoms with Crippen LogP contribution in [0.25, 0.3) is 0 Å². The average Bonchev–Trinajstić information content (AvgIpc) is 3.27. The molecule has 0 radical (unpaired) electrons. The quantitative estimate of drug-likeness (QED) is 0.604. The monoisotopic (exact) mass is 533 g/mol. The van der Waals surface area contributed by atoms with Gasteiger partial charge in [0.2, 0.25) is 0 Å². The van der Waals surface area contributed by atoms with Crippen LogP contribution >= 0.6 is 0 Å². The first-order chi connectivity index (χ1) is 16.9. The second-order valence-electron chi connectivity index (χ2n) is 9.37. The summed E-state index contributed by atoms with van der Waals surface area (Å²) in [6.07, 6.45) is 3.13. The lowest BCUT2D eigenvalue weighted by molar-refractivity contribution is -0.132. The third kappa shape index (κ3) is 4.50. The zero-order valence-corrected chi connectivity index (χ0v) is 20.9. The molecule has 2 aromatic rings. The van der Waals surface area contributed by atoms with Gasteiger partial charge in [-0.25, -0.2) is 12.8 Å². The Morgan fingerprint density at radius 1 is 1.14 bits per heavy atom. The fraction of sp³-hybridized carbons (Fsp3) is 0.333. The zero-order chi connectivity index (χ0) is 25.8. The number of carbonyl (C=O) groups is 1. The number of aliphatic hydroxyl groups is 1. The van der Waals surface area contributed by atoms with Crippen LogP contribution in [-0.2, 0) is 37.0 Å². The van der Waals surface area contributed by atoms with Crippen LogP contribution in [0.15, 0.2) is 63.1 Å². The molecular weight excluding hydrogens is 509 g/mol. The fourth-order valence-corrected chi connectivity index (χ4v) is 7.08. The van der Waals surface area contributed by atoms with Crippen LogP contribution in [0.1, 0.15) is 30.4 Å². The molecule has 12 heteroatoms. The van der Waals surface area contributed by atoms with E-state index in [1.165, 1.54) is 30.3 Å². The molecule has 2 aliphatic heterocycles. The van der Waals surface area contributed by atoms with Crippen molar-refractivity contribution in [2.24, 2.45) is 10.3 Å². The number of halogens is 1. The van der Waals surface area contributed by atoms with Crippen molar-refractivity contribution in [1.29, 1.82) is 0 Å². The summed E-state index contributed by atoms with van der Waals surface area (Å²) in [6.45, 7) is 0.169. The number of anilines is 1. The normalized spacial score (nSPS) is 23.1. The fourth-order valence-electron chi connectivity index (χ4n) is 5.12. The number of sulfone groups is 1. The Morgan fingerprint density at radius 3 is 2.53 bits per heavy atom. The second-order valence-corrected chi connectivity index (χ2v) is 13.1. The lowest BCUT2D eigenvalue weighted by Gasteiger charge is -2.39. The Kier molecular flexibility index (Phi) is 5.91. The van der Waals surface area contributed by atoms with Gasteiger partial charge in [-0.15, -0.1) is 4.40 Å². The molecule has 1 aliphatic carbocycles. The minimum atomic E-state index is -4.30. The van der Waals surface area contributed by atoms with E-state index in [4.69, 9.17) is 0 Å². The number of nitrogens with zero attached hydrogens (tertiary/aromatic N) is 2. The number of hydrogen-bond acceptors (Lipinski definition) is 7. The molecular formula is C24H24FN3O6S2.